The molecular formula is C11H9NO. The zero-order chi connectivity index (χ0) is 9.26. The Bertz CT molecular complexity index is 463. The fraction of sp³-hybridized carbons (Fsp3) is 0. The second-order valence-electron chi connectivity index (χ2n) is 2.86. The Morgan fingerprint density at radius 1 is 1.08 bits per heavy atom. The first-order valence-electron chi connectivity index (χ1n) is 4.04. The number of nitrogens with one attached hydrogen (secondary N) is 1. The molecule has 2 aromatic rings. The number of aromatic hydroxyl groups is 1. The number of fused-ring (bicyclic) bond motifs is 1. The summed E-state index contributed by atoms with van der Waals surface area (Å²) < 4.78 is 0. The summed E-state index contributed by atoms with van der Waals surface area (Å²) in [5.74, 6) is 0.161. The van der Waals surface area contributed by atoms with E-state index in [-0.39, 0.29) is 5.75 Å². The summed E-state index contributed by atoms with van der Waals surface area (Å²) in [5.41, 5.74) is 0.582. The Kier molecular flexibility index (Phi) is 1.74. The lowest BCUT2D eigenvalue weighted by Crippen LogP contribution is -1.83. The van der Waals surface area contributed by atoms with Gasteiger partial charge in [0.15, 0.2) is 0 Å². The first-order chi connectivity index (χ1) is 6.33. The van der Waals surface area contributed by atoms with Gasteiger partial charge in [-0.3, -0.25) is 0 Å². The number of rotatable bonds is 1. The summed E-state index contributed by atoms with van der Waals surface area (Å²) in [6, 6.07) is 11.2. The Morgan fingerprint density at radius 3 is 2.62 bits per heavy atom. The van der Waals surface area contributed by atoms with Gasteiger partial charge in [0.1, 0.15) is 5.75 Å². The molecular weight excluding hydrogens is 162 g/mol. The van der Waals surface area contributed by atoms with Crippen LogP contribution in [0.3, 0.4) is 0 Å². The standard InChI is InChI=1S/C11H9NO/c12-7-10-9-4-2-1-3-8(9)5-6-11(10)13/h1-7,12-13H. The van der Waals surface area contributed by atoms with Gasteiger partial charge in [0.2, 0.25) is 0 Å². The maximum atomic E-state index is 9.46. The highest BCUT2D eigenvalue weighted by molar-refractivity contribution is 6.01. The zero-order valence-electron chi connectivity index (χ0n) is 6.99. The molecule has 0 aliphatic rings. The van der Waals surface area contributed by atoms with Crippen LogP contribution in [0.1, 0.15) is 5.56 Å². The van der Waals surface area contributed by atoms with Gasteiger partial charge in [-0.05, 0) is 16.8 Å². The van der Waals surface area contributed by atoms with Crippen molar-refractivity contribution < 1.29 is 5.11 Å². The molecule has 0 radical (unpaired) electrons. The monoisotopic (exact) mass is 171 g/mol. The third-order valence-corrected chi connectivity index (χ3v) is 2.09. The summed E-state index contributed by atoms with van der Waals surface area (Å²) in [6.07, 6.45) is 1.18. The molecule has 64 valence electrons. The molecule has 0 spiro atoms. The number of benzene rings is 2. The highest BCUT2D eigenvalue weighted by Gasteiger charge is 2.02. The van der Waals surface area contributed by atoms with Crippen LogP contribution in [0.4, 0.5) is 0 Å². The molecule has 2 aromatic carbocycles. The predicted molar refractivity (Wildman–Crippen MR) is 53.5 cm³/mol. The molecule has 0 aliphatic heterocycles. The van der Waals surface area contributed by atoms with Gasteiger partial charge in [0.05, 0.1) is 0 Å². The molecule has 0 saturated heterocycles. The van der Waals surface area contributed by atoms with Gasteiger partial charge >= 0.3 is 0 Å². The van der Waals surface area contributed by atoms with Crippen molar-refractivity contribution in [3.63, 3.8) is 0 Å². The van der Waals surface area contributed by atoms with Gasteiger partial charge in [0.25, 0.3) is 0 Å². The minimum atomic E-state index is 0.161. The normalized spacial score (nSPS) is 10.2. The number of hydrogen-bond acceptors (Lipinski definition) is 2. The Labute approximate surface area is 76.0 Å². The van der Waals surface area contributed by atoms with Crippen LogP contribution in [0.2, 0.25) is 0 Å². The highest BCUT2D eigenvalue weighted by atomic mass is 16.3. The lowest BCUT2D eigenvalue weighted by Gasteiger charge is -2.03. The van der Waals surface area contributed by atoms with Crippen LogP contribution in [0.15, 0.2) is 36.4 Å². The lowest BCUT2D eigenvalue weighted by atomic mass is 10.0. The van der Waals surface area contributed by atoms with Crippen LogP contribution in [0.25, 0.3) is 10.8 Å². The molecule has 0 aliphatic carbocycles. The fourth-order valence-electron chi connectivity index (χ4n) is 1.44. The minimum absolute atomic E-state index is 0.161. The van der Waals surface area contributed by atoms with Crippen molar-refractivity contribution in [1.82, 2.24) is 0 Å². The summed E-state index contributed by atoms with van der Waals surface area (Å²) >= 11 is 0. The highest BCUT2D eigenvalue weighted by Crippen LogP contribution is 2.24. The molecule has 2 nitrogen and oxygen atoms in total. The molecule has 0 aromatic heterocycles. The lowest BCUT2D eigenvalue weighted by molar-refractivity contribution is 0.475. The van der Waals surface area contributed by atoms with Gasteiger partial charge in [-0.1, -0.05) is 30.3 Å². The third-order valence-electron chi connectivity index (χ3n) is 2.09. The van der Waals surface area contributed by atoms with E-state index in [9.17, 15) is 5.11 Å². The average Bonchev–Trinajstić information content (AvgIpc) is 2.18. The van der Waals surface area contributed by atoms with Crippen molar-refractivity contribution in [2.24, 2.45) is 0 Å². The Balaban J connectivity index is 2.91. The van der Waals surface area contributed by atoms with Gasteiger partial charge in [-0.25, -0.2) is 0 Å². The molecule has 0 unspecified atom stereocenters. The first kappa shape index (κ1) is 7.80. The maximum absolute atomic E-state index is 9.46. The summed E-state index contributed by atoms with van der Waals surface area (Å²) in [7, 11) is 0. The molecule has 13 heavy (non-hydrogen) atoms. The van der Waals surface area contributed by atoms with E-state index in [1.165, 1.54) is 6.21 Å². The zero-order valence-corrected chi connectivity index (χ0v) is 6.99. The Morgan fingerprint density at radius 2 is 1.85 bits per heavy atom. The maximum Gasteiger partial charge on any atom is 0.124 e. The number of hydrogen-bond donors (Lipinski definition) is 2. The van der Waals surface area contributed by atoms with Crippen molar-refractivity contribution in [3.05, 3.63) is 42.0 Å². The van der Waals surface area contributed by atoms with Gasteiger partial charge in [-0.2, -0.15) is 0 Å². The second-order valence-corrected chi connectivity index (χ2v) is 2.86. The molecule has 2 rings (SSSR count). The van der Waals surface area contributed by atoms with E-state index in [1.807, 2.05) is 30.3 Å². The fourth-order valence-corrected chi connectivity index (χ4v) is 1.44. The van der Waals surface area contributed by atoms with Crippen molar-refractivity contribution in [1.29, 1.82) is 5.41 Å². The largest absolute Gasteiger partial charge is 0.507 e. The molecule has 2 heteroatoms. The van der Waals surface area contributed by atoms with Gasteiger partial charge in [-0.15, -0.1) is 0 Å². The van der Waals surface area contributed by atoms with E-state index >= 15 is 0 Å². The number of phenols is 1. The smallest absolute Gasteiger partial charge is 0.124 e. The van der Waals surface area contributed by atoms with E-state index in [0.29, 0.717) is 5.56 Å². The van der Waals surface area contributed by atoms with E-state index in [2.05, 4.69) is 0 Å². The SMILES string of the molecule is N=Cc1c(O)ccc2ccccc12. The van der Waals surface area contributed by atoms with E-state index in [0.717, 1.165) is 10.8 Å². The molecule has 0 amide bonds. The van der Waals surface area contributed by atoms with Crippen LogP contribution in [-0.2, 0) is 0 Å². The topological polar surface area (TPSA) is 44.1 Å². The molecule has 0 saturated carbocycles. The summed E-state index contributed by atoms with van der Waals surface area (Å²) in [5, 5.41) is 18.6. The molecule has 0 atom stereocenters. The second kappa shape index (κ2) is 2.90. The molecule has 0 bridgehead atoms. The van der Waals surface area contributed by atoms with Crippen molar-refractivity contribution in [2.45, 2.75) is 0 Å². The van der Waals surface area contributed by atoms with Crippen LogP contribution in [0, 0.1) is 5.41 Å². The molecule has 2 N–H and O–H groups in total. The van der Waals surface area contributed by atoms with Crippen LogP contribution in [0.5, 0.6) is 5.75 Å². The summed E-state index contributed by atoms with van der Waals surface area (Å²) in [4.78, 5) is 0. The molecule has 0 fully saturated rings. The van der Waals surface area contributed by atoms with Gasteiger partial charge in [0, 0.05) is 11.8 Å². The van der Waals surface area contributed by atoms with Crippen molar-refractivity contribution >= 4 is 17.0 Å². The van der Waals surface area contributed by atoms with Gasteiger partial charge < -0.3 is 10.5 Å². The van der Waals surface area contributed by atoms with E-state index < -0.39 is 0 Å². The Hall–Kier alpha value is -1.83. The quantitative estimate of drug-likeness (QED) is 0.636. The predicted octanol–water partition coefficient (Wildman–Crippen LogP) is 2.54. The van der Waals surface area contributed by atoms with Crippen LogP contribution in [-0.4, -0.2) is 11.3 Å². The van der Waals surface area contributed by atoms with Crippen LogP contribution >= 0.6 is 0 Å². The molecule has 0 heterocycles. The first-order valence-corrected chi connectivity index (χ1v) is 4.04. The van der Waals surface area contributed by atoms with Crippen molar-refractivity contribution in [2.75, 3.05) is 0 Å². The summed E-state index contributed by atoms with van der Waals surface area (Å²) in [6.45, 7) is 0. The van der Waals surface area contributed by atoms with Crippen molar-refractivity contribution in [3.8, 4) is 5.75 Å². The number of phenolic OH excluding ortho intramolecular Hbond substituents is 1. The van der Waals surface area contributed by atoms with Crippen LogP contribution < -0.4 is 0 Å². The third kappa shape index (κ3) is 1.16. The average molecular weight is 171 g/mol. The minimum Gasteiger partial charge on any atom is -0.507 e. The van der Waals surface area contributed by atoms with E-state index in [4.69, 9.17) is 5.41 Å². The van der Waals surface area contributed by atoms with E-state index in [1.54, 1.807) is 6.07 Å².